The van der Waals surface area contributed by atoms with Gasteiger partial charge in [0.15, 0.2) is 11.6 Å². The first-order chi connectivity index (χ1) is 14.8. The van der Waals surface area contributed by atoms with Crippen LogP contribution in [0.15, 0.2) is 28.9 Å². The highest BCUT2D eigenvalue weighted by atomic mass is 19.2. The minimum atomic E-state index is -0.945. The second-order valence-corrected chi connectivity index (χ2v) is 8.44. The van der Waals surface area contributed by atoms with Gasteiger partial charge in [-0.25, -0.2) is 13.4 Å². The zero-order valence-corrected chi connectivity index (χ0v) is 17.5. The van der Waals surface area contributed by atoms with Crippen molar-refractivity contribution >= 4 is 17.9 Å². The molecule has 0 N–H and O–H groups in total. The van der Waals surface area contributed by atoms with Crippen LogP contribution >= 0.6 is 0 Å². The minimum Gasteiger partial charge on any atom is -0.339 e. The molecule has 1 unspecified atom stereocenters. The number of aromatic nitrogens is 2. The molecule has 1 saturated carbocycles. The van der Waals surface area contributed by atoms with E-state index in [9.17, 15) is 18.4 Å². The number of aryl methyl sites for hydroxylation is 1. The van der Waals surface area contributed by atoms with Gasteiger partial charge in [0.1, 0.15) is 11.4 Å². The lowest BCUT2D eigenvalue weighted by Crippen LogP contribution is -2.40. The van der Waals surface area contributed by atoms with Crippen LogP contribution in [0.25, 0.3) is 6.08 Å². The van der Waals surface area contributed by atoms with E-state index in [-0.39, 0.29) is 23.1 Å². The topological polar surface area (TPSA) is 79.5 Å². The Morgan fingerprint density at radius 3 is 2.65 bits per heavy atom. The normalized spacial score (nSPS) is 19.7. The molecule has 1 saturated heterocycles. The third kappa shape index (κ3) is 4.35. The molecule has 1 aliphatic heterocycles. The van der Waals surface area contributed by atoms with Gasteiger partial charge in [-0.2, -0.15) is 0 Å². The van der Waals surface area contributed by atoms with Crippen LogP contribution in [0.5, 0.6) is 0 Å². The molecule has 1 aromatic heterocycles. The van der Waals surface area contributed by atoms with E-state index in [0.29, 0.717) is 36.6 Å². The number of hydrogen-bond donors (Lipinski definition) is 0. The third-order valence-electron chi connectivity index (χ3n) is 6.43. The van der Waals surface area contributed by atoms with E-state index in [1.165, 1.54) is 18.2 Å². The van der Waals surface area contributed by atoms with Crippen molar-refractivity contribution < 1.29 is 23.0 Å². The predicted molar refractivity (Wildman–Crippen MR) is 107 cm³/mol. The van der Waals surface area contributed by atoms with Crippen molar-refractivity contribution in [3.63, 3.8) is 0 Å². The average molecular weight is 430 g/mol. The van der Waals surface area contributed by atoms with Crippen LogP contribution in [0.3, 0.4) is 0 Å². The number of carbonyl (C=O) groups excluding carboxylic acids is 2. The summed E-state index contributed by atoms with van der Waals surface area (Å²) < 4.78 is 31.0. The van der Waals surface area contributed by atoms with Gasteiger partial charge in [-0.1, -0.05) is 16.4 Å². The zero-order chi connectivity index (χ0) is 22.2. The standard InChI is InChI=1S/C22H24F2N4O3/c1-14-19(26-31-25-14)13-27(2)21(30)16-12-22(16)7-9-28(10-8-22)20(29)6-4-15-3-5-17(23)18(24)11-15/h3-6,11,16H,7-10,12-13H2,1-2H3. The molecule has 31 heavy (non-hydrogen) atoms. The van der Waals surface area contributed by atoms with Crippen LogP contribution in [-0.2, 0) is 16.1 Å². The molecule has 2 aromatic rings. The number of halogens is 2. The molecule has 0 radical (unpaired) electrons. The van der Waals surface area contributed by atoms with Gasteiger partial charge in [0.2, 0.25) is 11.8 Å². The molecule has 1 aromatic carbocycles. The van der Waals surface area contributed by atoms with Gasteiger partial charge in [0.25, 0.3) is 0 Å². The fraction of sp³-hybridized carbons (Fsp3) is 0.455. The Morgan fingerprint density at radius 1 is 1.26 bits per heavy atom. The second-order valence-electron chi connectivity index (χ2n) is 8.44. The highest BCUT2D eigenvalue weighted by Crippen LogP contribution is 2.60. The molecule has 164 valence electrons. The van der Waals surface area contributed by atoms with Crippen molar-refractivity contribution in [1.82, 2.24) is 20.1 Å². The maximum absolute atomic E-state index is 13.3. The first-order valence-electron chi connectivity index (χ1n) is 10.2. The number of amides is 2. The molecular formula is C22H24F2N4O3. The van der Waals surface area contributed by atoms with Crippen LogP contribution in [0.2, 0.25) is 0 Å². The van der Waals surface area contributed by atoms with Gasteiger partial charge in [-0.15, -0.1) is 0 Å². The van der Waals surface area contributed by atoms with E-state index in [2.05, 4.69) is 14.9 Å². The van der Waals surface area contributed by atoms with Crippen LogP contribution in [0.1, 0.15) is 36.2 Å². The summed E-state index contributed by atoms with van der Waals surface area (Å²) in [6.45, 7) is 3.29. The number of hydrogen-bond acceptors (Lipinski definition) is 5. The first kappa shape index (κ1) is 21.1. The van der Waals surface area contributed by atoms with E-state index >= 15 is 0 Å². The molecule has 4 rings (SSSR count). The molecule has 1 aliphatic carbocycles. The molecule has 2 heterocycles. The monoisotopic (exact) mass is 430 g/mol. The zero-order valence-electron chi connectivity index (χ0n) is 17.5. The van der Waals surface area contributed by atoms with Gasteiger partial charge in [0, 0.05) is 32.1 Å². The van der Waals surface area contributed by atoms with Crippen molar-refractivity contribution in [3.05, 3.63) is 52.9 Å². The fourth-order valence-electron chi connectivity index (χ4n) is 4.27. The maximum atomic E-state index is 13.3. The number of nitrogens with zero attached hydrogens (tertiary/aromatic N) is 4. The van der Waals surface area contributed by atoms with Gasteiger partial charge in [-0.3, -0.25) is 9.59 Å². The van der Waals surface area contributed by atoms with Crippen molar-refractivity contribution in [1.29, 1.82) is 0 Å². The molecular weight excluding hydrogens is 406 g/mol. The third-order valence-corrected chi connectivity index (χ3v) is 6.43. The number of carbonyl (C=O) groups is 2. The van der Waals surface area contributed by atoms with E-state index < -0.39 is 11.6 Å². The smallest absolute Gasteiger partial charge is 0.246 e. The summed E-state index contributed by atoms with van der Waals surface area (Å²) in [6, 6.07) is 3.50. The highest BCUT2D eigenvalue weighted by molar-refractivity contribution is 5.92. The van der Waals surface area contributed by atoms with E-state index in [1.807, 2.05) is 0 Å². The molecule has 2 amide bonds. The van der Waals surface area contributed by atoms with Crippen molar-refractivity contribution in [2.45, 2.75) is 32.7 Å². The SMILES string of the molecule is Cc1nonc1CN(C)C(=O)C1CC12CCN(C(=O)C=Cc1ccc(F)c(F)c1)CC2. The summed E-state index contributed by atoms with van der Waals surface area (Å²) >= 11 is 0. The maximum Gasteiger partial charge on any atom is 0.246 e. The molecule has 9 heteroatoms. The van der Waals surface area contributed by atoms with E-state index in [1.54, 1.807) is 23.8 Å². The summed E-state index contributed by atoms with van der Waals surface area (Å²) in [5.41, 5.74) is 1.71. The Hall–Kier alpha value is -3.10. The van der Waals surface area contributed by atoms with Crippen molar-refractivity contribution in [2.75, 3.05) is 20.1 Å². The summed E-state index contributed by atoms with van der Waals surface area (Å²) in [6.07, 6.45) is 5.23. The highest BCUT2D eigenvalue weighted by Gasteiger charge is 2.59. The summed E-state index contributed by atoms with van der Waals surface area (Å²) in [5.74, 6) is -1.99. The van der Waals surface area contributed by atoms with E-state index in [4.69, 9.17) is 0 Å². The fourth-order valence-corrected chi connectivity index (χ4v) is 4.27. The van der Waals surface area contributed by atoms with Crippen molar-refractivity contribution in [3.8, 4) is 0 Å². The number of piperidine rings is 1. The average Bonchev–Trinajstić information content (AvgIpc) is 3.30. The second kappa shape index (κ2) is 8.20. The Bertz CT molecular complexity index is 1030. The van der Waals surface area contributed by atoms with Crippen LogP contribution in [0, 0.1) is 29.9 Å². The molecule has 1 spiro atoms. The number of benzene rings is 1. The summed E-state index contributed by atoms with van der Waals surface area (Å²) in [4.78, 5) is 28.7. The predicted octanol–water partition coefficient (Wildman–Crippen LogP) is 2.96. The van der Waals surface area contributed by atoms with Crippen molar-refractivity contribution in [2.24, 2.45) is 11.3 Å². The molecule has 1 atom stereocenters. The number of rotatable bonds is 5. The summed E-state index contributed by atoms with van der Waals surface area (Å²) in [5, 5.41) is 7.57. The lowest BCUT2D eigenvalue weighted by atomic mass is 9.90. The Balaban J connectivity index is 1.29. The summed E-state index contributed by atoms with van der Waals surface area (Å²) in [7, 11) is 1.75. The van der Waals surface area contributed by atoms with Gasteiger partial charge >= 0.3 is 0 Å². The van der Waals surface area contributed by atoms with E-state index in [0.717, 1.165) is 31.4 Å². The van der Waals surface area contributed by atoms with Crippen LogP contribution in [0.4, 0.5) is 8.78 Å². The lowest BCUT2D eigenvalue weighted by molar-refractivity contribution is -0.133. The quantitative estimate of drug-likeness (QED) is 0.682. The molecule has 2 aliphatic rings. The Morgan fingerprint density at radius 2 is 2.00 bits per heavy atom. The minimum absolute atomic E-state index is 0.0346. The lowest BCUT2D eigenvalue weighted by Gasteiger charge is -2.32. The largest absolute Gasteiger partial charge is 0.339 e. The van der Waals surface area contributed by atoms with Crippen LogP contribution < -0.4 is 0 Å². The molecule has 2 fully saturated rings. The number of likely N-dealkylation sites (tertiary alicyclic amines) is 1. The Labute approximate surface area is 178 Å². The molecule has 0 bridgehead atoms. The van der Waals surface area contributed by atoms with Crippen LogP contribution in [-0.4, -0.2) is 52.1 Å². The first-order valence-corrected chi connectivity index (χ1v) is 10.2. The molecule has 7 nitrogen and oxygen atoms in total. The van der Waals surface area contributed by atoms with Gasteiger partial charge in [0.05, 0.1) is 6.54 Å². The van der Waals surface area contributed by atoms with Gasteiger partial charge < -0.3 is 9.80 Å². The Kier molecular flexibility index (Phi) is 5.60. The van der Waals surface area contributed by atoms with Gasteiger partial charge in [-0.05, 0) is 55.4 Å².